The smallest absolute Gasteiger partial charge is 0.169 e. The van der Waals surface area contributed by atoms with Crippen LogP contribution in [0.25, 0.3) is 0 Å². The molecule has 4 unspecified atom stereocenters. The van der Waals surface area contributed by atoms with Crippen molar-refractivity contribution < 1.29 is 0 Å². The maximum absolute atomic E-state index is 5.87. The van der Waals surface area contributed by atoms with Gasteiger partial charge in [-0.15, -0.1) is 10.2 Å². The third kappa shape index (κ3) is 9.11. The van der Waals surface area contributed by atoms with Crippen molar-refractivity contribution in [2.75, 3.05) is 13.1 Å². The molecule has 0 aromatic carbocycles. The van der Waals surface area contributed by atoms with Gasteiger partial charge in [-0.25, -0.2) is 0 Å². The van der Waals surface area contributed by atoms with Crippen LogP contribution in [-0.4, -0.2) is 70.6 Å². The van der Waals surface area contributed by atoms with Crippen molar-refractivity contribution in [2.45, 2.75) is 38.3 Å². The Hall–Kier alpha value is -3.52. The molecule has 0 aliphatic rings. The highest BCUT2D eigenvalue weighted by atomic mass is 15.2. The Balaban J connectivity index is 1.61. The molecule has 0 saturated carbocycles. The van der Waals surface area contributed by atoms with Crippen LogP contribution in [0.15, 0.2) is 55.0 Å². The summed E-state index contributed by atoms with van der Waals surface area (Å²) in [5.74, 6) is 1.14. The van der Waals surface area contributed by atoms with E-state index in [9.17, 15) is 0 Å². The van der Waals surface area contributed by atoms with Gasteiger partial charge in [0.05, 0.1) is 38.2 Å². The van der Waals surface area contributed by atoms with Gasteiger partial charge in [-0.1, -0.05) is 0 Å². The maximum Gasteiger partial charge on any atom is 0.169 e. The van der Waals surface area contributed by atoms with Crippen LogP contribution >= 0.6 is 0 Å². The van der Waals surface area contributed by atoms with Gasteiger partial charge in [-0.2, -0.15) is 20.4 Å². The molecule has 0 fully saturated rings. The largest absolute Gasteiger partial charge is 0.372 e. The van der Waals surface area contributed by atoms with Gasteiger partial charge in [0.25, 0.3) is 0 Å². The van der Waals surface area contributed by atoms with Gasteiger partial charge in [0.1, 0.15) is 12.3 Å². The first-order valence-corrected chi connectivity index (χ1v) is 9.35. The zero-order chi connectivity index (χ0) is 21.6. The van der Waals surface area contributed by atoms with Crippen molar-refractivity contribution >= 4 is 24.3 Å². The standard InChI is InChI=1S/C16H28N14/c1-11(19-9-21-13(17)7-25-29-15-3-5-23-27-15)12(2)20-10-22-14(18)8-26-30-16-4-6-24-28-16/h3-6,9-14H,7-8,17-18H2,1-2H3,(H,19,21)(H,20,22)(H,23,27)(H,24,28). The lowest BCUT2D eigenvalue weighted by Gasteiger charge is -2.20. The Labute approximate surface area is 173 Å². The molecular formula is C16H28N14. The lowest BCUT2D eigenvalue weighted by Crippen LogP contribution is -2.44. The third-order valence-corrected chi connectivity index (χ3v) is 3.82. The molecular weight excluding hydrogens is 388 g/mol. The molecule has 8 N–H and O–H groups in total. The number of nitrogens with zero attached hydrogens (tertiary/aromatic N) is 8. The molecule has 0 radical (unpaired) electrons. The molecule has 0 amide bonds. The molecule has 0 spiro atoms. The lowest BCUT2D eigenvalue weighted by molar-refractivity contribution is 0.517. The van der Waals surface area contributed by atoms with Crippen molar-refractivity contribution in [2.24, 2.45) is 41.9 Å². The fourth-order valence-electron chi connectivity index (χ4n) is 1.91. The van der Waals surface area contributed by atoms with E-state index < -0.39 is 12.3 Å². The number of aliphatic imine (C=N–C) groups is 2. The number of H-pyrrole nitrogens is 2. The van der Waals surface area contributed by atoms with Gasteiger partial charge in [-0.3, -0.25) is 20.2 Å². The molecule has 2 heterocycles. The Bertz CT molecular complexity index is 726. The number of nitrogens with two attached hydrogens (primary N) is 2. The Kier molecular flexibility index (Phi) is 9.75. The van der Waals surface area contributed by atoms with Gasteiger partial charge < -0.3 is 22.1 Å². The number of nitrogens with one attached hydrogen (secondary N) is 4. The van der Waals surface area contributed by atoms with E-state index in [-0.39, 0.29) is 25.2 Å². The van der Waals surface area contributed by atoms with E-state index in [1.54, 1.807) is 37.2 Å². The average molecular weight is 416 g/mol. The minimum absolute atomic E-state index is 0.0651. The molecule has 4 atom stereocenters. The summed E-state index contributed by atoms with van der Waals surface area (Å²) in [6, 6.07) is 3.54. The summed E-state index contributed by atoms with van der Waals surface area (Å²) < 4.78 is 0. The number of hydrogen-bond donors (Lipinski definition) is 6. The van der Waals surface area contributed by atoms with Gasteiger partial charge in [0, 0.05) is 24.2 Å². The second-order valence-corrected chi connectivity index (χ2v) is 6.33. The molecule has 14 heteroatoms. The van der Waals surface area contributed by atoms with E-state index in [1.807, 2.05) is 13.8 Å². The summed E-state index contributed by atoms with van der Waals surface area (Å²) in [4.78, 5) is 8.36. The van der Waals surface area contributed by atoms with E-state index in [0.29, 0.717) is 11.6 Å². The molecule has 2 rings (SSSR count). The van der Waals surface area contributed by atoms with E-state index in [2.05, 4.69) is 61.5 Å². The first-order valence-electron chi connectivity index (χ1n) is 9.35. The minimum Gasteiger partial charge on any atom is -0.372 e. The van der Waals surface area contributed by atoms with Crippen molar-refractivity contribution in [3.8, 4) is 0 Å². The van der Waals surface area contributed by atoms with E-state index in [4.69, 9.17) is 11.5 Å². The van der Waals surface area contributed by atoms with Crippen molar-refractivity contribution in [3.63, 3.8) is 0 Å². The normalized spacial score (nSPS) is 16.5. The topological polar surface area (TPSA) is 208 Å². The fraction of sp³-hybridized carbons (Fsp3) is 0.500. The van der Waals surface area contributed by atoms with Crippen LogP contribution in [0.3, 0.4) is 0 Å². The number of rotatable bonds is 13. The van der Waals surface area contributed by atoms with Crippen LogP contribution in [0.5, 0.6) is 0 Å². The summed E-state index contributed by atoms with van der Waals surface area (Å²) in [5.41, 5.74) is 11.7. The maximum atomic E-state index is 5.87. The molecule has 0 bridgehead atoms. The second-order valence-electron chi connectivity index (χ2n) is 6.33. The first kappa shape index (κ1) is 22.8. The number of aromatic nitrogens is 4. The van der Waals surface area contributed by atoms with Gasteiger partial charge in [0.15, 0.2) is 11.6 Å². The van der Waals surface area contributed by atoms with Crippen LogP contribution in [0.4, 0.5) is 11.6 Å². The van der Waals surface area contributed by atoms with Crippen LogP contribution < -0.4 is 22.1 Å². The Morgan fingerprint density at radius 1 is 0.867 bits per heavy atom. The molecule has 0 aliphatic carbocycles. The zero-order valence-electron chi connectivity index (χ0n) is 16.9. The molecule has 14 nitrogen and oxygen atoms in total. The third-order valence-electron chi connectivity index (χ3n) is 3.82. The van der Waals surface area contributed by atoms with E-state index in [0.717, 1.165) is 0 Å². The SMILES string of the molecule is CC(NC=NC(N)CN=Nc1ccn[nH]1)C(C)NC=NC(N)CN=Nc1ccn[nH]1. The number of azo groups is 2. The summed E-state index contributed by atoms with van der Waals surface area (Å²) in [6.45, 7) is 4.53. The first-order chi connectivity index (χ1) is 14.5. The molecule has 30 heavy (non-hydrogen) atoms. The Morgan fingerprint density at radius 3 is 1.67 bits per heavy atom. The second kappa shape index (κ2) is 12.8. The number of aromatic amines is 2. The predicted molar refractivity (Wildman–Crippen MR) is 114 cm³/mol. The van der Waals surface area contributed by atoms with Crippen LogP contribution in [-0.2, 0) is 0 Å². The molecule has 2 aromatic rings. The van der Waals surface area contributed by atoms with Crippen LogP contribution in [0.1, 0.15) is 13.8 Å². The summed E-state index contributed by atoms with van der Waals surface area (Å²) >= 11 is 0. The summed E-state index contributed by atoms with van der Waals surface area (Å²) in [5, 5.41) is 35.0. The predicted octanol–water partition coefficient (Wildman–Crippen LogP) is 0.583. The van der Waals surface area contributed by atoms with Crippen molar-refractivity contribution in [1.82, 2.24) is 31.0 Å². The highest BCUT2D eigenvalue weighted by Gasteiger charge is 2.08. The molecule has 2 aromatic heterocycles. The fourth-order valence-corrected chi connectivity index (χ4v) is 1.91. The monoisotopic (exact) mass is 416 g/mol. The van der Waals surface area contributed by atoms with Crippen molar-refractivity contribution in [3.05, 3.63) is 24.5 Å². The molecule has 0 saturated heterocycles. The molecule has 0 aliphatic heterocycles. The van der Waals surface area contributed by atoms with Gasteiger partial charge in [-0.05, 0) is 13.8 Å². The minimum atomic E-state index is -0.491. The quantitative estimate of drug-likeness (QED) is 0.156. The Morgan fingerprint density at radius 2 is 1.30 bits per heavy atom. The van der Waals surface area contributed by atoms with Crippen LogP contribution in [0, 0.1) is 0 Å². The van der Waals surface area contributed by atoms with Gasteiger partial charge >= 0.3 is 0 Å². The lowest BCUT2D eigenvalue weighted by atomic mass is 10.2. The zero-order valence-corrected chi connectivity index (χ0v) is 16.9. The molecule has 162 valence electrons. The van der Waals surface area contributed by atoms with Crippen LogP contribution in [0.2, 0.25) is 0 Å². The highest BCUT2D eigenvalue weighted by molar-refractivity contribution is 5.57. The number of hydrogen-bond acceptors (Lipinski definition) is 10. The van der Waals surface area contributed by atoms with E-state index in [1.165, 1.54) is 0 Å². The summed E-state index contributed by atoms with van der Waals surface area (Å²) in [6.07, 6.45) is 5.35. The van der Waals surface area contributed by atoms with Gasteiger partial charge in [0.2, 0.25) is 0 Å². The highest BCUT2D eigenvalue weighted by Crippen LogP contribution is 2.05. The van der Waals surface area contributed by atoms with E-state index >= 15 is 0 Å². The average Bonchev–Trinajstić information content (AvgIpc) is 3.42. The summed E-state index contributed by atoms with van der Waals surface area (Å²) in [7, 11) is 0. The van der Waals surface area contributed by atoms with Crippen molar-refractivity contribution in [1.29, 1.82) is 0 Å².